The Kier molecular flexibility index (Phi) is 4.51. The molecule has 0 saturated heterocycles. The molecule has 4 nitrogen and oxygen atoms in total. The average Bonchev–Trinajstić information content (AvgIpc) is 2.19. The fourth-order valence-electron chi connectivity index (χ4n) is 0.822. The number of nitrogens with one attached hydrogen (secondary N) is 3. The number of thiocarbonyl (C=S) groups is 1. The summed E-state index contributed by atoms with van der Waals surface area (Å²) in [5.41, 5.74) is 5.58. The molecule has 0 aliphatic carbocycles. The molecule has 0 bridgehead atoms. The van der Waals surface area contributed by atoms with Gasteiger partial charge >= 0.3 is 0 Å². The van der Waals surface area contributed by atoms with E-state index >= 15 is 0 Å². The summed E-state index contributed by atoms with van der Waals surface area (Å²) in [5, 5.41) is 3.18. The van der Waals surface area contributed by atoms with Gasteiger partial charge in [0.2, 0.25) is 5.91 Å². The molecule has 0 atom stereocenters. The Morgan fingerprint density at radius 1 is 1.27 bits per heavy atom. The third-order valence-corrected chi connectivity index (χ3v) is 2.15. The number of halogens is 1. The summed E-state index contributed by atoms with van der Waals surface area (Å²) >= 11 is 8.23. The number of anilines is 1. The first-order valence-corrected chi connectivity index (χ1v) is 5.22. The maximum Gasteiger partial charge on any atom is 0.238 e. The lowest BCUT2D eigenvalue weighted by Gasteiger charge is -2.10. The van der Waals surface area contributed by atoms with E-state index in [1.807, 2.05) is 24.3 Å². The SMILES string of the molecule is [CH2]C(=O)NNC(=S)Nc1ccc(Br)cc1. The molecule has 0 fully saturated rings. The molecule has 3 N–H and O–H groups in total. The van der Waals surface area contributed by atoms with Crippen LogP contribution in [0.4, 0.5) is 5.69 Å². The van der Waals surface area contributed by atoms with E-state index < -0.39 is 5.91 Å². The summed E-state index contributed by atoms with van der Waals surface area (Å²) in [6.45, 7) is 3.12. The van der Waals surface area contributed by atoms with Gasteiger partial charge in [0.05, 0.1) is 0 Å². The van der Waals surface area contributed by atoms with Crippen LogP contribution in [0.25, 0.3) is 0 Å². The quantitative estimate of drug-likeness (QED) is 0.542. The van der Waals surface area contributed by atoms with Crippen LogP contribution in [0, 0.1) is 6.92 Å². The van der Waals surface area contributed by atoms with Crippen LogP contribution in [0.2, 0.25) is 0 Å². The molecule has 0 heterocycles. The number of rotatable bonds is 1. The molecule has 6 heteroatoms. The van der Waals surface area contributed by atoms with Crippen molar-refractivity contribution in [3.05, 3.63) is 35.7 Å². The van der Waals surface area contributed by atoms with Gasteiger partial charge in [0, 0.05) is 17.1 Å². The third-order valence-electron chi connectivity index (χ3n) is 1.42. The Bertz CT molecular complexity index is 366. The Hall–Kier alpha value is -1.14. The molecule has 0 aromatic heterocycles. The van der Waals surface area contributed by atoms with Gasteiger partial charge in [-0.3, -0.25) is 15.6 Å². The number of carbonyl (C=O) groups is 1. The highest BCUT2D eigenvalue weighted by Gasteiger charge is 1.97. The van der Waals surface area contributed by atoms with Gasteiger partial charge in [-0.25, -0.2) is 0 Å². The van der Waals surface area contributed by atoms with Gasteiger partial charge in [0.1, 0.15) is 0 Å². The van der Waals surface area contributed by atoms with Gasteiger partial charge in [-0.15, -0.1) is 0 Å². The van der Waals surface area contributed by atoms with E-state index in [-0.39, 0.29) is 0 Å². The molecule has 0 aliphatic heterocycles. The van der Waals surface area contributed by atoms with Crippen molar-refractivity contribution in [1.29, 1.82) is 0 Å². The molecule has 1 radical (unpaired) electrons. The lowest BCUT2D eigenvalue weighted by atomic mass is 10.3. The topological polar surface area (TPSA) is 53.2 Å². The average molecular weight is 287 g/mol. The van der Waals surface area contributed by atoms with Crippen molar-refractivity contribution >= 4 is 44.9 Å². The van der Waals surface area contributed by atoms with E-state index in [1.54, 1.807) is 0 Å². The highest BCUT2D eigenvalue weighted by molar-refractivity contribution is 9.10. The van der Waals surface area contributed by atoms with E-state index in [4.69, 9.17) is 12.2 Å². The minimum absolute atomic E-state index is 0.300. The summed E-state index contributed by atoms with van der Waals surface area (Å²) in [6.07, 6.45) is 0. The Balaban J connectivity index is 2.44. The van der Waals surface area contributed by atoms with Crippen LogP contribution in [0.5, 0.6) is 0 Å². The molecule has 1 aromatic rings. The van der Waals surface area contributed by atoms with Crippen molar-refractivity contribution in [2.75, 3.05) is 5.32 Å². The van der Waals surface area contributed by atoms with E-state index in [0.29, 0.717) is 5.11 Å². The molecule has 0 saturated carbocycles. The molecule has 1 rings (SSSR count). The van der Waals surface area contributed by atoms with Crippen LogP contribution in [-0.2, 0) is 4.79 Å². The van der Waals surface area contributed by atoms with Gasteiger partial charge in [-0.05, 0) is 36.5 Å². The van der Waals surface area contributed by atoms with Crippen molar-refractivity contribution < 1.29 is 4.79 Å². The molecule has 0 spiro atoms. The maximum atomic E-state index is 10.5. The fraction of sp³-hybridized carbons (Fsp3) is 0. The second-order valence-corrected chi connectivity index (χ2v) is 3.96. The van der Waals surface area contributed by atoms with Crippen molar-refractivity contribution in [3.8, 4) is 0 Å². The highest BCUT2D eigenvalue weighted by atomic mass is 79.9. The second-order valence-electron chi connectivity index (χ2n) is 2.63. The molecule has 0 unspecified atom stereocenters. The van der Waals surface area contributed by atoms with Crippen molar-refractivity contribution in [2.24, 2.45) is 0 Å². The molecule has 15 heavy (non-hydrogen) atoms. The molecule has 0 aliphatic rings. The summed E-state index contributed by atoms with van der Waals surface area (Å²) in [4.78, 5) is 10.5. The van der Waals surface area contributed by atoms with Crippen LogP contribution in [0.3, 0.4) is 0 Å². The number of carbonyl (C=O) groups excluding carboxylic acids is 1. The summed E-state index contributed by atoms with van der Waals surface area (Å²) in [6, 6.07) is 7.46. The predicted molar refractivity (Wildman–Crippen MR) is 67.0 cm³/mol. The highest BCUT2D eigenvalue weighted by Crippen LogP contribution is 2.13. The smallest absolute Gasteiger partial charge is 0.238 e. The lowest BCUT2D eigenvalue weighted by Crippen LogP contribution is -2.42. The lowest BCUT2D eigenvalue weighted by molar-refractivity contribution is -0.117. The molecular formula is C9H9BrN3OS. The van der Waals surface area contributed by atoms with Gasteiger partial charge in [0.25, 0.3) is 0 Å². The zero-order valence-electron chi connectivity index (χ0n) is 7.71. The number of hydrogen-bond donors (Lipinski definition) is 3. The van der Waals surface area contributed by atoms with Crippen LogP contribution >= 0.6 is 28.1 Å². The van der Waals surface area contributed by atoms with Crippen LogP contribution in [0.1, 0.15) is 0 Å². The summed E-state index contributed by atoms with van der Waals surface area (Å²) < 4.78 is 0.984. The fourth-order valence-corrected chi connectivity index (χ4v) is 1.26. The minimum atomic E-state index is -0.449. The van der Waals surface area contributed by atoms with Gasteiger partial charge < -0.3 is 5.32 Å². The monoisotopic (exact) mass is 286 g/mol. The van der Waals surface area contributed by atoms with E-state index in [2.05, 4.69) is 39.0 Å². The van der Waals surface area contributed by atoms with Crippen LogP contribution in [-0.4, -0.2) is 11.0 Å². The number of benzene rings is 1. The Morgan fingerprint density at radius 2 is 1.87 bits per heavy atom. The zero-order chi connectivity index (χ0) is 11.3. The molecule has 79 valence electrons. The number of hydrogen-bond acceptors (Lipinski definition) is 2. The largest absolute Gasteiger partial charge is 0.331 e. The van der Waals surface area contributed by atoms with Gasteiger partial charge in [-0.2, -0.15) is 0 Å². The first kappa shape index (κ1) is 11.9. The molecule has 1 amide bonds. The molecule has 1 aromatic carbocycles. The first-order valence-electron chi connectivity index (χ1n) is 4.02. The maximum absolute atomic E-state index is 10.5. The van der Waals surface area contributed by atoms with Crippen LogP contribution < -0.4 is 16.2 Å². The summed E-state index contributed by atoms with van der Waals surface area (Å²) in [5.74, 6) is -0.449. The van der Waals surface area contributed by atoms with Crippen molar-refractivity contribution in [1.82, 2.24) is 10.9 Å². The zero-order valence-corrected chi connectivity index (χ0v) is 10.1. The van der Waals surface area contributed by atoms with Gasteiger partial charge in [-0.1, -0.05) is 15.9 Å². The standard InChI is InChI=1S/C9H9BrN3OS/c1-6(14)12-13-9(15)11-8-4-2-7(10)3-5-8/h2-5H,1H2,(H,12,14)(H2,11,13,15). The summed E-state index contributed by atoms with van der Waals surface area (Å²) in [7, 11) is 0. The van der Waals surface area contributed by atoms with E-state index in [0.717, 1.165) is 10.2 Å². The van der Waals surface area contributed by atoms with E-state index in [9.17, 15) is 4.79 Å². The number of amides is 1. The van der Waals surface area contributed by atoms with Crippen molar-refractivity contribution in [3.63, 3.8) is 0 Å². The van der Waals surface area contributed by atoms with Crippen molar-refractivity contribution in [2.45, 2.75) is 0 Å². The second kappa shape index (κ2) is 5.67. The minimum Gasteiger partial charge on any atom is -0.331 e. The van der Waals surface area contributed by atoms with E-state index in [1.165, 1.54) is 0 Å². The third kappa shape index (κ3) is 4.75. The first-order chi connectivity index (χ1) is 7.08. The Labute approximate surface area is 102 Å². The normalized spacial score (nSPS) is 9.20. The molecular weight excluding hydrogens is 278 g/mol. The van der Waals surface area contributed by atoms with Crippen LogP contribution in [0.15, 0.2) is 28.7 Å². The Morgan fingerprint density at radius 3 is 2.40 bits per heavy atom. The predicted octanol–water partition coefficient (Wildman–Crippen LogP) is 1.60. The number of hydrazine groups is 1. The van der Waals surface area contributed by atoms with Gasteiger partial charge in [0.15, 0.2) is 5.11 Å².